The van der Waals surface area contributed by atoms with Crippen molar-refractivity contribution in [2.45, 2.75) is 30.7 Å². The van der Waals surface area contributed by atoms with E-state index in [1.165, 1.54) is 30.3 Å². The fraction of sp³-hybridized carbons (Fsp3) is 0.238. The largest absolute Gasteiger partial charge is 0.508 e. The highest BCUT2D eigenvalue weighted by Gasteiger charge is 2.48. The van der Waals surface area contributed by atoms with Crippen LogP contribution in [0.3, 0.4) is 0 Å². The molecule has 5 N–H and O–H groups in total. The second kappa shape index (κ2) is 8.20. The standard InChI is InChI=1S/C21H18FNO9/c1-2-8-5-10(24)7-12-17(8)31-19(23-12)9-3-4-13(11(22)6-9)30-21-16(27)14(25)15(26)18(32-21)20(28)29/h2-7,14-16,18,21,24-27H,1H2,(H,28,29)/t14-,15-,16+,18-,21?/m0/s1. The molecule has 3 aromatic rings. The molecule has 2 heterocycles. The van der Waals surface area contributed by atoms with Gasteiger partial charge in [0.25, 0.3) is 0 Å². The van der Waals surface area contributed by atoms with E-state index in [-0.39, 0.29) is 17.2 Å². The third kappa shape index (κ3) is 3.78. The first kappa shape index (κ1) is 21.7. The summed E-state index contributed by atoms with van der Waals surface area (Å²) in [5.74, 6) is -2.91. The summed E-state index contributed by atoms with van der Waals surface area (Å²) in [7, 11) is 0. The van der Waals surface area contributed by atoms with Gasteiger partial charge in [0.15, 0.2) is 23.3 Å². The molecule has 0 saturated carbocycles. The van der Waals surface area contributed by atoms with E-state index in [4.69, 9.17) is 19.0 Å². The highest BCUT2D eigenvalue weighted by molar-refractivity contribution is 5.86. The number of phenolic OH excluding ortho intramolecular Hbond substituents is 1. The summed E-state index contributed by atoms with van der Waals surface area (Å²) in [6.45, 7) is 3.64. The van der Waals surface area contributed by atoms with Gasteiger partial charge in [-0.1, -0.05) is 12.7 Å². The predicted octanol–water partition coefficient (Wildman–Crippen LogP) is 1.25. The van der Waals surface area contributed by atoms with Crippen molar-refractivity contribution >= 4 is 23.1 Å². The minimum Gasteiger partial charge on any atom is -0.508 e. The van der Waals surface area contributed by atoms with Gasteiger partial charge in [0.1, 0.15) is 29.6 Å². The number of carboxylic acid groups (broad SMARTS) is 1. The Hall–Kier alpha value is -3.51. The molecule has 1 saturated heterocycles. The quantitative estimate of drug-likeness (QED) is 0.385. The number of aromatic nitrogens is 1. The number of carbonyl (C=O) groups is 1. The number of hydrogen-bond acceptors (Lipinski definition) is 9. The fourth-order valence-electron chi connectivity index (χ4n) is 3.32. The van der Waals surface area contributed by atoms with E-state index in [2.05, 4.69) is 11.6 Å². The Morgan fingerprint density at radius 2 is 1.91 bits per heavy atom. The Kier molecular flexibility index (Phi) is 5.57. The van der Waals surface area contributed by atoms with Gasteiger partial charge in [0, 0.05) is 17.2 Å². The molecular weight excluding hydrogens is 429 g/mol. The molecule has 0 amide bonds. The van der Waals surface area contributed by atoms with Crippen LogP contribution >= 0.6 is 0 Å². The lowest BCUT2D eigenvalue weighted by atomic mass is 9.99. The van der Waals surface area contributed by atoms with Gasteiger partial charge in [-0.15, -0.1) is 0 Å². The molecule has 10 nitrogen and oxygen atoms in total. The van der Waals surface area contributed by atoms with Crippen molar-refractivity contribution in [3.05, 3.63) is 48.3 Å². The second-order valence-corrected chi connectivity index (χ2v) is 7.10. The molecule has 1 aliphatic heterocycles. The number of hydrogen-bond donors (Lipinski definition) is 5. The Morgan fingerprint density at radius 3 is 2.56 bits per heavy atom. The minimum absolute atomic E-state index is 0.0415. The van der Waals surface area contributed by atoms with Crippen LogP contribution in [-0.2, 0) is 9.53 Å². The van der Waals surface area contributed by atoms with Crippen molar-refractivity contribution in [2.24, 2.45) is 0 Å². The summed E-state index contributed by atoms with van der Waals surface area (Å²) in [5, 5.41) is 48.4. The normalized spacial score (nSPS) is 25.6. The number of fused-ring (bicyclic) bond motifs is 1. The number of aliphatic hydroxyl groups excluding tert-OH is 3. The Bertz CT molecular complexity index is 1190. The van der Waals surface area contributed by atoms with Gasteiger partial charge in [-0.25, -0.2) is 14.2 Å². The van der Waals surface area contributed by atoms with Crippen LogP contribution in [0, 0.1) is 5.82 Å². The molecule has 5 atom stereocenters. The van der Waals surface area contributed by atoms with Crippen LogP contribution in [0.5, 0.6) is 11.5 Å². The Morgan fingerprint density at radius 1 is 1.16 bits per heavy atom. The number of oxazole rings is 1. The van der Waals surface area contributed by atoms with E-state index >= 15 is 0 Å². The van der Waals surface area contributed by atoms with Gasteiger partial charge >= 0.3 is 5.97 Å². The van der Waals surface area contributed by atoms with E-state index in [0.717, 1.165) is 6.07 Å². The summed E-state index contributed by atoms with van der Waals surface area (Å²) in [6.07, 6.45) is -7.77. The van der Waals surface area contributed by atoms with Crippen molar-refractivity contribution in [3.63, 3.8) is 0 Å². The monoisotopic (exact) mass is 447 g/mol. The zero-order valence-electron chi connectivity index (χ0n) is 16.3. The average molecular weight is 447 g/mol. The van der Waals surface area contributed by atoms with Crippen LogP contribution < -0.4 is 4.74 Å². The maximum atomic E-state index is 14.7. The number of nitrogens with zero attached hydrogens (tertiary/aromatic N) is 1. The van der Waals surface area contributed by atoms with E-state index in [9.17, 15) is 29.6 Å². The van der Waals surface area contributed by atoms with Crippen molar-refractivity contribution in [2.75, 3.05) is 0 Å². The number of halogens is 1. The number of rotatable bonds is 5. The number of ether oxygens (including phenoxy) is 2. The van der Waals surface area contributed by atoms with E-state index in [1.54, 1.807) is 0 Å². The predicted molar refractivity (Wildman–Crippen MR) is 106 cm³/mol. The zero-order chi connectivity index (χ0) is 23.2. The Labute approximate surface area is 179 Å². The molecule has 1 fully saturated rings. The first-order chi connectivity index (χ1) is 15.2. The SMILES string of the molecule is C=Cc1cc(O)cc2nc(-c3ccc(OC4O[C@H](C(=O)O)[C@@H](O)[C@H](O)[C@H]4O)c(F)c3)oc12. The van der Waals surface area contributed by atoms with Gasteiger partial charge in [-0.05, 0) is 24.3 Å². The zero-order valence-corrected chi connectivity index (χ0v) is 16.3. The second-order valence-electron chi connectivity index (χ2n) is 7.10. The third-order valence-corrected chi connectivity index (χ3v) is 4.96. The summed E-state index contributed by atoms with van der Waals surface area (Å²) in [5.41, 5.74) is 1.40. The molecule has 1 unspecified atom stereocenters. The van der Waals surface area contributed by atoms with Gasteiger partial charge < -0.3 is 39.4 Å². The molecule has 2 aromatic carbocycles. The number of aliphatic carboxylic acids is 1. The molecular formula is C21H18FNO9. The molecule has 168 valence electrons. The van der Waals surface area contributed by atoms with Crippen LogP contribution in [0.25, 0.3) is 28.6 Å². The topological polar surface area (TPSA) is 163 Å². The molecule has 0 aliphatic carbocycles. The maximum Gasteiger partial charge on any atom is 0.335 e. The molecule has 0 bridgehead atoms. The number of phenols is 1. The lowest BCUT2D eigenvalue weighted by Gasteiger charge is -2.38. The number of aliphatic hydroxyl groups is 3. The molecule has 1 aromatic heterocycles. The molecule has 11 heteroatoms. The van der Waals surface area contributed by atoms with Crippen molar-refractivity contribution in [1.82, 2.24) is 4.98 Å². The third-order valence-electron chi connectivity index (χ3n) is 4.96. The van der Waals surface area contributed by atoms with Crippen molar-refractivity contribution in [1.29, 1.82) is 0 Å². The molecule has 4 rings (SSSR count). The summed E-state index contributed by atoms with van der Waals surface area (Å²) in [6, 6.07) is 6.42. The summed E-state index contributed by atoms with van der Waals surface area (Å²) >= 11 is 0. The lowest BCUT2D eigenvalue weighted by molar-refractivity contribution is -0.271. The first-order valence-electron chi connectivity index (χ1n) is 9.34. The van der Waals surface area contributed by atoms with Gasteiger partial charge in [-0.2, -0.15) is 0 Å². The average Bonchev–Trinajstić information content (AvgIpc) is 3.18. The van der Waals surface area contributed by atoms with Crippen molar-refractivity contribution < 1.29 is 48.6 Å². The van der Waals surface area contributed by atoms with Gasteiger partial charge in [-0.3, -0.25) is 0 Å². The molecule has 1 aliphatic rings. The molecule has 0 radical (unpaired) electrons. The highest BCUT2D eigenvalue weighted by atomic mass is 19.1. The van der Waals surface area contributed by atoms with Crippen molar-refractivity contribution in [3.8, 4) is 23.0 Å². The van der Waals surface area contributed by atoms with Crippen LogP contribution in [0.15, 0.2) is 41.3 Å². The van der Waals surface area contributed by atoms with Gasteiger partial charge in [0.05, 0.1) is 0 Å². The molecule has 32 heavy (non-hydrogen) atoms. The maximum absolute atomic E-state index is 14.7. The molecule has 0 spiro atoms. The number of aromatic hydroxyl groups is 1. The van der Waals surface area contributed by atoms with Crippen LogP contribution in [0.4, 0.5) is 4.39 Å². The fourth-order valence-corrected chi connectivity index (χ4v) is 3.32. The lowest BCUT2D eigenvalue weighted by Crippen LogP contribution is -2.61. The van der Waals surface area contributed by atoms with Gasteiger partial charge in [0.2, 0.25) is 12.2 Å². The first-order valence-corrected chi connectivity index (χ1v) is 9.34. The number of benzene rings is 2. The van der Waals surface area contributed by atoms with E-state index in [0.29, 0.717) is 16.7 Å². The van der Waals surface area contributed by atoms with Crippen LogP contribution in [-0.4, -0.2) is 67.2 Å². The summed E-state index contributed by atoms with van der Waals surface area (Å²) in [4.78, 5) is 15.4. The Balaban J connectivity index is 1.61. The smallest absolute Gasteiger partial charge is 0.335 e. The van der Waals surface area contributed by atoms with E-state index < -0.39 is 48.2 Å². The summed E-state index contributed by atoms with van der Waals surface area (Å²) < 4.78 is 30.6. The van der Waals surface area contributed by atoms with Crippen LogP contribution in [0.1, 0.15) is 5.56 Å². The highest BCUT2D eigenvalue weighted by Crippen LogP contribution is 2.33. The van der Waals surface area contributed by atoms with E-state index in [1.807, 2.05) is 0 Å². The number of carboxylic acids is 1. The van der Waals surface area contributed by atoms with Crippen LogP contribution in [0.2, 0.25) is 0 Å². The minimum atomic E-state index is -1.89.